The molecule has 0 heterocycles. The lowest BCUT2D eigenvalue weighted by atomic mass is 9.95. The van der Waals surface area contributed by atoms with E-state index in [2.05, 4.69) is 0 Å². The number of ketones is 1. The summed E-state index contributed by atoms with van der Waals surface area (Å²) in [7, 11) is 0. The number of hydrogen-bond donors (Lipinski definition) is 1. The smallest absolute Gasteiger partial charge is 0.335 e. The summed E-state index contributed by atoms with van der Waals surface area (Å²) in [5.41, 5.74) is 2.08. The molecule has 0 aromatic heterocycles. The molecular weight excluding hydrogens is 180 g/mol. The van der Waals surface area contributed by atoms with E-state index in [1.165, 1.54) is 13.0 Å². The molecule has 0 fully saturated rings. The van der Waals surface area contributed by atoms with Gasteiger partial charge < -0.3 is 5.11 Å². The second kappa shape index (κ2) is 3.62. The maximum absolute atomic E-state index is 11.3. The average Bonchev–Trinajstić information content (AvgIpc) is 2.02. The fourth-order valence-corrected chi connectivity index (χ4v) is 1.62. The van der Waals surface area contributed by atoms with Crippen molar-refractivity contribution in [3.8, 4) is 0 Å². The molecule has 0 aliphatic heterocycles. The fraction of sp³-hybridized carbons (Fsp3) is 0.273. The van der Waals surface area contributed by atoms with Gasteiger partial charge in [0, 0.05) is 5.56 Å². The number of Topliss-reactive ketones (excluding diaryl/α,β-unsaturated/α-hetero) is 1. The minimum absolute atomic E-state index is 0.0944. The molecule has 1 rings (SSSR count). The summed E-state index contributed by atoms with van der Waals surface area (Å²) in [5, 5.41) is 8.85. The number of carbonyl (C=O) groups excluding carboxylic acids is 1. The van der Waals surface area contributed by atoms with Crippen molar-refractivity contribution in [2.24, 2.45) is 0 Å². The molecule has 0 spiro atoms. The van der Waals surface area contributed by atoms with E-state index in [1.807, 2.05) is 0 Å². The molecule has 0 aliphatic carbocycles. The van der Waals surface area contributed by atoms with E-state index in [0.717, 1.165) is 5.56 Å². The Balaban J connectivity index is 3.49. The van der Waals surface area contributed by atoms with Crippen molar-refractivity contribution in [3.63, 3.8) is 0 Å². The highest BCUT2D eigenvalue weighted by molar-refractivity contribution is 6.00. The lowest BCUT2D eigenvalue weighted by Crippen LogP contribution is -2.07. The summed E-state index contributed by atoms with van der Waals surface area (Å²) in [5.74, 6) is -1.09. The molecule has 74 valence electrons. The van der Waals surface area contributed by atoms with Crippen molar-refractivity contribution in [3.05, 3.63) is 34.4 Å². The van der Waals surface area contributed by atoms with E-state index in [1.54, 1.807) is 19.9 Å². The summed E-state index contributed by atoms with van der Waals surface area (Å²) < 4.78 is 0. The predicted molar refractivity (Wildman–Crippen MR) is 52.9 cm³/mol. The summed E-state index contributed by atoms with van der Waals surface area (Å²) >= 11 is 0. The van der Waals surface area contributed by atoms with Crippen molar-refractivity contribution >= 4 is 11.8 Å². The molecule has 14 heavy (non-hydrogen) atoms. The summed E-state index contributed by atoms with van der Waals surface area (Å²) in [6, 6.07) is 3.19. The average molecular weight is 192 g/mol. The van der Waals surface area contributed by atoms with Gasteiger partial charge >= 0.3 is 5.97 Å². The van der Waals surface area contributed by atoms with Crippen LogP contribution in [0.4, 0.5) is 0 Å². The lowest BCUT2D eigenvalue weighted by Gasteiger charge is -2.08. The zero-order valence-electron chi connectivity index (χ0n) is 8.42. The van der Waals surface area contributed by atoms with E-state index in [-0.39, 0.29) is 11.3 Å². The molecule has 0 aliphatic rings. The zero-order valence-corrected chi connectivity index (χ0v) is 8.42. The Morgan fingerprint density at radius 2 is 1.79 bits per heavy atom. The molecular formula is C11H12O3. The van der Waals surface area contributed by atoms with Crippen LogP contribution in [0.25, 0.3) is 0 Å². The van der Waals surface area contributed by atoms with E-state index < -0.39 is 5.97 Å². The largest absolute Gasteiger partial charge is 0.478 e. The third-order valence-corrected chi connectivity index (χ3v) is 2.26. The predicted octanol–water partition coefficient (Wildman–Crippen LogP) is 2.20. The maximum Gasteiger partial charge on any atom is 0.335 e. The van der Waals surface area contributed by atoms with E-state index in [9.17, 15) is 9.59 Å². The van der Waals surface area contributed by atoms with Crippen LogP contribution in [0.2, 0.25) is 0 Å². The normalized spacial score (nSPS) is 9.93. The fourth-order valence-electron chi connectivity index (χ4n) is 1.62. The van der Waals surface area contributed by atoms with Gasteiger partial charge in [-0.15, -0.1) is 0 Å². The number of carboxylic acids is 1. The Hall–Kier alpha value is -1.64. The van der Waals surface area contributed by atoms with Gasteiger partial charge in [-0.3, -0.25) is 4.79 Å². The first-order valence-electron chi connectivity index (χ1n) is 4.29. The Bertz CT molecular complexity index is 405. The first-order valence-corrected chi connectivity index (χ1v) is 4.29. The van der Waals surface area contributed by atoms with Gasteiger partial charge in [0.05, 0.1) is 5.56 Å². The molecule has 1 aromatic rings. The maximum atomic E-state index is 11.3. The number of aromatic carboxylic acids is 1. The van der Waals surface area contributed by atoms with Crippen LogP contribution in [0.5, 0.6) is 0 Å². The SMILES string of the molecule is CC(=O)c1c(C)ccc(C(=O)O)c1C. The topological polar surface area (TPSA) is 54.4 Å². The van der Waals surface area contributed by atoms with E-state index in [4.69, 9.17) is 5.11 Å². The molecule has 1 aromatic carbocycles. The van der Waals surface area contributed by atoms with Gasteiger partial charge in [-0.05, 0) is 38.0 Å². The highest BCUT2D eigenvalue weighted by atomic mass is 16.4. The van der Waals surface area contributed by atoms with Gasteiger partial charge in [0.25, 0.3) is 0 Å². The van der Waals surface area contributed by atoms with Gasteiger partial charge in [-0.25, -0.2) is 4.79 Å². The minimum Gasteiger partial charge on any atom is -0.478 e. The van der Waals surface area contributed by atoms with Crippen molar-refractivity contribution in [1.29, 1.82) is 0 Å². The number of rotatable bonds is 2. The third kappa shape index (κ3) is 1.66. The van der Waals surface area contributed by atoms with E-state index in [0.29, 0.717) is 11.1 Å². The second-order valence-corrected chi connectivity index (χ2v) is 3.29. The second-order valence-electron chi connectivity index (χ2n) is 3.29. The number of benzene rings is 1. The van der Waals surface area contributed by atoms with Crippen LogP contribution in [-0.4, -0.2) is 16.9 Å². The summed E-state index contributed by atoms with van der Waals surface area (Å²) in [6.45, 7) is 4.91. The first kappa shape index (κ1) is 10.4. The first-order chi connectivity index (χ1) is 6.45. The number of carboxylic acid groups (broad SMARTS) is 1. The van der Waals surface area contributed by atoms with Crippen LogP contribution >= 0.6 is 0 Å². The Morgan fingerprint density at radius 1 is 1.21 bits per heavy atom. The van der Waals surface area contributed by atoms with Crippen molar-refractivity contribution in [2.45, 2.75) is 20.8 Å². The Kier molecular flexibility index (Phi) is 2.70. The van der Waals surface area contributed by atoms with Crippen LogP contribution in [0.1, 0.15) is 38.8 Å². The molecule has 0 saturated heterocycles. The standard InChI is InChI=1S/C11H12O3/c1-6-4-5-9(11(13)14)7(2)10(6)8(3)12/h4-5H,1-3H3,(H,13,14). The van der Waals surface area contributed by atoms with Gasteiger partial charge in [-0.1, -0.05) is 6.07 Å². The molecule has 3 heteroatoms. The van der Waals surface area contributed by atoms with Gasteiger partial charge in [0.1, 0.15) is 0 Å². The zero-order chi connectivity index (χ0) is 10.9. The number of carbonyl (C=O) groups is 2. The quantitative estimate of drug-likeness (QED) is 0.731. The van der Waals surface area contributed by atoms with Gasteiger partial charge in [0.15, 0.2) is 5.78 Å². The van der Waals surface area contributed by atoms with Crippen LogP contribution in [0.3, 0.4) is 0 Å². The number of aryl methyl sites for hydroxylation is 1. The molecule has 1 N–H and O–H groups in total. The van der Waals surface area contributed by atoms with Gasteiger partial charge in [-0.2, -0.15) is 0 Å². The highest BCUT2D eigenvalue weighted by Crippen LogP contribution is 2.18. The Morgan fingerprint density at radius 3 is 2.21 bits per heavy atom. The minimum atomic E-state index is -0.995. The van der Waals surface area contributed by atoms with Crippen molar-refractivity contribution in [1.82, 2.24) is 0 Å². The molecule has 0 saturated carbocycles. The Labute approximate surface area is 82.4 Å². The van der Waals surface area contributed by atoms with Gasteiger partial charge in [0.2, 0.25) is 0 Å². The number of hydrogen-bond acceptors (Lipinski definition) is 2. The molecule has 0 unspecified atom stereocenters. The molecule has 3 nitrogen and oxygen atoms in total. The third-order valence-electron chi connectivity index (χ3n) is 2.26. The monoisotopic (exact) mass is 192 g/mol. The van der Waals surface area contributed by atoms with Crippen LogP contribution in [0.15, 0.2) is 12.1 Å². The molecule has 0 radical (unpaired) electrons. The van der Waals surface area contributed by atoms with Crippen molar-refractivity contribution in [2.75, 3.05) is 0 Å². The summed E-state index contributed by atoms with van der Waals surface area (Å²) in [6.07, 6.45) is 0. The van der Waals surface area contributed by atoms with E-state index >= 15 is 0 Å². The lowest BCUT2D eigenvalue weighted by molar-refractivity contribution is 0.0696. The molecule has 0 atom stereocenters. The van der Waals surface area contributed by atoms with Crippen molar-refractivity contribution < 1.29 is 14.7 Å². The van der Waals surface area contributed by atoms with Crippen LogP contribution in [-0.2, 0) is 0 Å². The molecule has 0 amide bonds. The van der Waals surface area contributed by atoms with Crippen LogP contribution < -0.4 is 0 Å². The summed E-state index contributed by atoms with van der Waals surface area (Å²) in [4.78, 5) is 22.1. The highest BCUT2D eigenvalue weighted by Gasteiger charge is 2.14. The molecule has 0 bridgehead atoms. The van der Waals surface area contributed by atoms with Crippen LogP contribution in [0, 0.1) is 13.8 Å².